The lowest BCUT2D eigenvalue weighted by molar-refractivity contribution is 0.0973. The second-order valence-electron chi connectivity index (χ2n) is 8.06. The molecule has 1 N–H and O–H groups in total. The highest BCUT2D eigenvalue weighted by atomic mass is 32.2. The van der Waals surface area contributed by atoms with Crippen molar-refractivity contribution in [3.05, 3.63) is 48.0 Å². The van der Waals surface area contributed by atoms with Crippen molar-refractivity contribution in [3.63, 3.8) is 0 Å². The SMILES string of the molecule is C[Si](C)(C)CCS(=O)(=O)Nc1ccc2nc3n(c2c1)C(=O)c1ccccc1-3. The zero-order valence-electron chi connectivity index (χ0n) is 15.5. The molecule has 3 aromatic rings. The molecule has 0 amide bonds. The quantitative estimate of drug-likeness (QED) is 0.518. The van der Waals surface area contributed by atoms with Crippen LogP contribution in [0.15, 0.2) is 42.5 Å². The molecular weight excluding hydrogens is 378 g/mol. The number of rotatable bonds is 5. The van der Waals surface area contributed by atoms with E-state index in [9.17, 15) is 13.2 Å². The minimum atomic E-state index is -3.43. The molecule has 0 atom stereocenters. The summed E-state index contributed by atoms with van der Waals surface area (Å²) in [4.78, 5) is 17.3. The fourth-order valence-electron chi connectivity index (χ4n) is 3.18. The molecule has 27 heavy (non-hydrogen) atoms. The Morgan fingerprint density at radius 3 is 2.48 bits per heavy atom. The van der Waals surface area contributed by atoms with Crippen molar-refractivity contribution in [2.24, 2.45) is 0 Å². The molecule has 0 unspecified atom stereocenters. The van der Waals surface area contributed by atoms with Crippen molar-refractivity contribution in [2.45, 2.75) is 25.7 Å². The molecule has 0 saturated carbocycles. The number of nitrogens with zero attached hydrogens (tertiary/aromatic N) is 2. The van der Waals surface area contributed by atoms with Gasteiger partial charge in [0.2, 0.25) is 10.0 Å². The predicted molar refractivity (Wildman–Crippen MR) is 110 cm³/mol. The Balaban J connectivity index is 1.70. The van der Waals surface area contributed by atoms with Gasteiger partial charge in [0.05, 0.1) is 28.0 Å². The molecule has 0 bridgehead atoms. The van der Waals surface area contributed by atoms with E-state index in [1.54, 1.807) is 28.8 Å². The summed E-state index contributed by atoms with van der Waals surface area (Å²) in [7, 11) is -4.89. The van der Waals surface area contributed by atoms with Gasteiger partial charge in [-0.25, -0.2) is 13.4 Å². The zero-order chi connectivity index (χ0) is 19.4. The number of nitrogens with one attached hydrogen (secondary N) is 1. The molecular formula is C19H21N3O3SSi. The molecule has 8 heteroatoms. The molecule has 0 aliphatic carbocycles. The van der Waals surface area contributed by atoms with Crippen LogP contribution < -0.4 is 4.72 Å². The first kappa shape index (κ1) is 17.9. The minimum absolute atomic E-state index is 0.107. The highest BCUT2D eigenvalue weighted by Gasteiger charge is 2.29. The van der Waals surface area contributed by atoms with E-state index in [-0.39, 0.29) is 11.7 Å². The van der Waals surface area contributed by atoms with Crippen LogP contribution in [-0.2, 0) is 10.0 Å². The molecule has 140 valence electrons. The number of carbonyl (C=O) groups excluding carboxylic acids is 1. The third-order valence-electron chi connectivity index (χ3n) is 4.65. The van der Waals surface area contributed by atoms with Gasteiger partial charge in [0.15, 0.2) is 0 Å². The van der Waals surface area contributed by atoms with Crippen LogP contribution in [0.3, 0.4) is 0 Å². The molecule has 2 heterocycles. The summed E-state index contributed by atoms with van der Waals surface area (Å²) >= 11 is 0. The van der Waals surface area contributed by atoms with E-state index in [0.717, 1.165) is 5.56 Å². The van der Waals surface area contributed by atoms with E-state index in [1.807, 2.05) is 18.2 Å². The van der Waals surface area contributed by atoms with Crippen LogP contribution in [0.5, 0.6) is 0 Å². The first-order valence-corrected chi connectivity index (χ1v) is 14.2. The van der Waals surface area contributed by atoms with Crippen molar-refractivity contribution in [1.29, 1.82) is 0 Å². The van der Waals surface area contributed by atoms with Gasteiger partial charge in [-0.15, -0.1) is 0 Å². The molecule has 0 spiro atoms. The topological polar surface area (TPSA) is 81.1 Å². The van der Waals surface area contributed by atoms with Gasteiger partial charge >= 0.3 is 0 Å². The summed E-state index contributed by atoms with van der Waals surface area (Å²) in [6.45, 7) is 6.44. The Morgan fingerprint density at radius 2 is 1.78 bits per heavy atom. The van der Waals surface area contributed by atoms with Gasteiger partial charge in [0, 0.05) is 13.6 Å². The first-order valence-electron chi connectivity index (χ1n) is 8.82. The number of carbonyl (C=O) groups is 1. The number of sulfonamides is 1. The fourth-order valence-corrected chi connectivity index (χ4v) is 7.29. The number of hydrogen-bond acceptors (Lipinski definition) is 4. The second kappa shape index (κ2) is 6.03. The van der Waals surface area contributed by atoms with Crippen LogP contribution in [0, 0.1) is 0 Å². The largest absolute Gasteiger partial charge is 0.283 e. The Labute approximate surface area is 159 Å². The Hall–Kier alpha value is -2.45. The van der Waals surface area contributed by atoms with E-state index in [2.05, 4.69) is 29.3 Å². The van der Waals surface area contributed by atoms with Gasteiger partial charge < -0.3 is 0 Å². The average Bonchev–Trinajstić information content (AvgIpc) is 3.09. The summed E-state index contributed by atoms with van der Waals surface area (Å²) in [6, 6.07) is 13.2. The summed E-state index contributed by atoms with van der Waals surface area (Å²) in [6.07, 6.45) is 0. The van der Waals surface area contributed by atoms with Gasteiger partial charge in [-0.05, 0) is 30.3 Å². The maximum Gasteiger partial charge on any atom is 0.264 e. The van der Waals surface area contributed by atoms with Crippen LogP contribution in [0.4, 0.5) is 5.69 Å². The van der Waals surface area contributed by atoms with Crippen molar-refractivity contribution < 1.29 is 13.2 Å². The van der Waals surface area contributed by atoms with Crippen LogP contribution in [0.25, 0.3) is 22.4 Å². The number of benzene rings is 2. The molecule has 1 aliphatic rings. The maximum atomic E-state index is 12.8. The van der Waals surface area contributed by atoms with Crippen LogP contribution in [0.1, 0.15) is 10.4 Å². The monoisotopic (exact) mass is 399 g/mol. The number of imidazole rings is 1. The molecule has 6 nitrogen and oxygen atoms in total. The highest BCUT2D eigenvalue weighted by Crippen LogP contribution is 2.35. The number of fused-ring (bicyclic) bond motifs is 5. The Morgan fingerprint density at radius 1 is 1.07 bits per heavy atom. The van der Waals surface area contributed by atoms with Gasteiger partial charge in [-0.2, -0.15) is 0 Å². The summed E-state index contributed by atoms with van der Waals surface area (Å²) in [5, 5.41) is 0. The van der Waals surface area contributed by atoms with Crippen molar-refractivity contribution in [3.8, 4) is 11.4 Å². The lowest BCUT2D eigenvalue weighted by Gasteiger charge is -2.16. The average molecular weight is 400 g/mol. The third kappa shape index (κ3) is 3.30. The maximum absolute atomic E-state index is 12.8. The fraction of sp³-hybridized carbons (Fsp3) is 0.263. The molecule has 0 radical (unpaired) electrons. The standard InChI is InChI=1S/C19H21N3O3SSi/c1-27(2,3)11-10-26(24,25)21-13-8-9-16-17(12-13)22-18(20-16)14-6-4-5-7-15(14)19(22)23/h4-9,12,21H,10-11H2,1-3H3. The van der Waals surface area contributed by atoms with Crippen molar-refractivity contribution in [1.82, 2.24) is 9.55 Å². The number of anilines is 1. The normalized spacial score (nSPS) is 13.7. The molecule has 0 saturated heterocycles. The van der Waals surface area contributed by atoms with E-state index >= 15 is 0 Å². The van der Waals surface area contributed by atoms with Crippen LogP contribution >= 0.6 is 0 Å². The first-order chi connectivity index (χ1) is 12.6. The van der Waals surface area contributed by atoms with Gasteiger partial charge in [0.25, 0.3) is 5.91 Å². The molecule has 4 rings (SSSR count). The molecule has 1 aromatic heterocycles. The highest BCUT2D eigenvalue weighted by molar-refractivity contribution is 7.92. The lowest BCUT2D eigenvalue weighted by Crippen LogP contribution is -2.26. The molecule has 2 aromatic carbocycles. The summed E-state index contributed by atoms with van der Waals surface area (Å²) in [5.74, 6) is 0.571. The van der Waals surface area contributed by atoms with Gasteiger partial charge in [-0.3, -0.25) is 14.1 Å². The van der Waals surface area contributed by atoms with Crippen molar-refractivity contribution >= 4 is 40.7 Å². The van der Waals surface area contributed by atoms with E-state index in [1.165, 1.54) is 0 Å². The lowest BCUT2D eigenvalue weighted by atomic mass is 10.1. The molecule has 1 aliphatic heterocycles. The van der Waals surface area contributed by atoms with E-state index in [0.29, 0.717) is 34.2 Å². The van der Waals surface area contributed by atoms with Crippen molar-refractivity contribution in [2.75, 3.05) is 10.5 Å². The van der Waals surface area contributed by atoms with Gasteiger partial charge in [-0.1, -0.05) is 37.8 Å². The number of hydrogen-bond donors (Lipinski definition) is 1. The third-order valence-corrected chi connectivity index (χ3v) is 8.05. The molecule has 0 fully saturated rings. The minimum Gasteiger partial charge on any atom is -0.283 e. The predicted octanol–water partition coefficient (Wildman–Crippen LogP) is 3.79. The smallest absolute Gasteiger partial charge is 0.264 e. The number of aromatic nitrogens is 2. The van der Waals surface area contributed by atoms with E-state index in [4.69, 9.17) is 0 Å². The van der Waals surface area contributed by atoms with E-state index < -0.39 is 18.1 Å². The summed E-state index contributed by atoms with van der Waals surface area (Å²) in [5.41, 5.74) is 3.14. The van der Waals surface area contributed by atoms with Crippen LogP contribution in [0.2, 0.25) is 25.7 Å². The second-order valence-corrected chi connectivity index (χ2v) is 15.5. The van der Waals surface area contributed by atoms with Gasteiger partial charge in [0.1, 0.15) is 5.82 Å². The zero-order valence-corrected chi connectivity index (χ0v) is 17.3. The Kier molecular flexibility index (Phi) is 4.01. The Bertz CT molecular complexity index is 1180. The summed E-state index contributed by atoms with van der Waals surface area (Å²) < 4.78 is 29.0. The van der Waals surface area contributed by atoms with Crippen LogP contribution in [-0.4, -0.2) is 37.7 Å².